The van der Waals surface area contributed by atoms with Crippen LogP contribution in [0.2, 0.25) is 5.15 Å². The van der Waals surface area contributed by atoms with Gasteiger partial charge in [0.1, 0.15) is 5.15 Å². The number of hydrogen-bond donors (Lipinski definition) is 1. The van der Waals surface area contributed by atoms with Crippen LogP contribution in [0.5, 0.6) is 0 Å². The van der Waals surface area contributed by atoms with Gasteiger partial charge in [-0.3, -0.25) is 4.79 Å². The summed E-state index contributed by atoms with van der Waals surface area (Å²) < 4.78 is 0. The Kier molecular flexibility index (Phi) is 2.99. The van der Waals surface area contributed by atoms with Crippen molar-refractivity contribution in [3.63, 3.8) is 0 Å². The lowest BCUT2D eigenvalue weighted by molar-refractivity contribution is -0.0119. The van der Waals surface area contributed by atoms with Gasteiger partial charge in [0.15, 0.2) is 0 Å². The van der Waals surface area contributed by atoms with E-state index in [2.05, 4.69) is 10.3 Å². The molecule has 0 radical (unpaired) electrons. The predicted octanol–water partition coefficient (Wildman–Crippen LogP) is 3.29. The first-order valence-electron chi connectivity index (χ1n) is 7.61. The third-order valence-electron chi connectivity index (χ3n) is 5.51. The summed E-state index contributed by atoms with van der Waals surface area (Å²) in [4.78, 5) is 16.3. The maximum atomic E-state index is 12.4. The fourth-order valence-electron chi connectivity index (χ4n) is 4.94. The highest BCUT2D eigenvalue weighted by atomic mass is 35.5. The number of nitrogens with one attached hydrogen (secondary N) is 1. The van der Waals surface area contributed by atoms with Crippen molar-refractivity contribution in [2.75, 3.05) is 0 Å². The number of carbonyl (C=O) groups is 1. The van der Waals surface area contributed by atoms with Crippen LogP contribution in [-0.2, 0) is 0 Å². The van der Waals surface area contributed by atoms with Gasteiger partial charge in [0, 0.05) is 17.8 Å². The SMILES string of the molecule is O=C(NC1C2CC3CC(C2)CC1C3)c1ccnc(Cl)c1. The summed E-state index contributed by atoms with van der Waals surface area (Å²) in [5, 5.41) is 3.66. The molecule has 0 aliphatic heterocycles. The first-order chi connectivity index (χ1) is 9.69. The smallest absolute Gasteiger partial charge is 0.251 e. The van der Waals surface area contributed by atoms with Crippen molar-refractivity contribution in [1.82, 2.24) is 10.3 Å². The van der Waals surface area contributed by atoms with Gasteiger partial charge in [-0.2, -0.15) is 0 Å². The molecule has 0 unspecified atom stereocenters. The minimum absolute atomic E-state index is 0.00627. The second kappa shape index (κ2) is 4.73. The molecule has 1 heterocycles. The zero-order valence-corrected chi connectivity index (χ0v) is 12.1. The minimum atomic E-state index is 0.00627. The highest BCUT2D eigenvalue weighted by Gasteiger charge is 2.48. The van der Waals surface area contributed by atoms with Gasteiger partial charge in [-0.15, -0.1) is 0 Å². The summed E-state index contributed by atoms with van der Waals surface area (Å²) in [5.74, 6) is 3.27. The Hall–Kier alpha value is -1.09. The summed E-state index contributed by atoms with van der Waals surface area (Å²) in [6, 6.07) is 3.76. The monoisotopic (exact) mass is 290 g/mol. The second-order valence-electron chi connectivity index (χ2n) is 6.80. The fourth-order valence-corrected chi connectivity index (χ4v) is 5.11. The van der Waals surface area contributed by atoms with Crippen LogP contribution in [0.15, 0.2) is 18.3 Å². The molecule has 5 rings (SSSR count). The van der Waals surface area contributed by atoms with Crippen molar-refractivity contribution >= 4 is 17.5 Å². The molecule has 4 bridgehead atoms. The van der Waals surface area contributed by atoms with Gasteiger partial charge >= 0.3 is 0 Å². The summed E-state index contributed by atoms with van der Waals surface area (Å²) >= 11 is 5.86. The van der Waals surface area contributed by atoms with Crippen molar-refractivity contribution in [3.8, 4) is 0 Å². The van der Waals surface area contributed by atoms with E-state index in [1.165, 1.54) is 32.1 Å². The van der Waals surface area contributed by atoms with E-state index in [0.717, 1.165) is 11.8 Å². The van der Waals surface area contributed by atoms with Crippen molar-refractivity contribution in [1.29, 1.82) is 0 Å². The maximum absolute atomic E-state index is 12.4. The average Bonchev–Trinajstić information content (AvgIpc) is 2.42. The summed E-state index contributed by atoms with van der Waals surface area (Å²) in [6.45, 7) is 0. The molecule has 0 spiro atoms. The molecule has 1 aromatic rings. The molecular weight excluding hydrogens is 272 g/mol. The van der Waals surface area contributed by atoms with Gasteiger partial charge in [-0.05, 0) is 67.9 Å². The maximum Gasteiger partial charge on any atom is 0.251 e. The fraction of sp³-hybridized carbons (Fsp3) is 0.625. The molecule has 0 saturated heterocycles. The van der Waals surface area contributed by atoms with Crippen molar-refractivity contribution in [2.45, 2.75) is 38.1 Å². The predicted molar refractivity (Wildman–Crippen MR) is 77.5 cm³/mol. The first-order valence-corrected chi connectivity index (χ1v) is 7.99. The molecule has 1 amide bonds. The molecule has 4 saturated carbocycles. The summed E-state index contributed by atoms with van der Waals surface area (Å²) in [7, 11) is 0. The number of amides is 1. The van der Waals surface area contributed by atoms with E-state index in [9.17, 15) is 4.79 Å². The minimum Gasteiger partial charge on any atom is -0.349 e. The lowest BCUT2D eigenvalue weighted by Gasteiger charge is -2.54. The van der Waals surface area contributed by atoms with E-state index < -0.39 is 0 Å². The van der Waals surface area contributed by atoms with Crippen molar-refractivity contribution in [2.24, 2.45) is 23.7 Å². The number of aromatic nitrogens is 1. The van der Waals surface area contributed by atoms with Crippen LogP contribution in [0.3, 0.4) is 0 Å². The lowest BCUT2D eigenvalue weighted by atomic mass is 9.54. The molecule has 0 atom stereocenters. The number of carbonyl (C=O) groups excluding carboxylic acids is 1. The summed E-state index contributed by atoms with van der Waals surface area (Å²) in [5.41, 5.74) is 0.624. The van der Waals surface area contributed by atoms with E-state index in [1.54, 1.807) is 18.3 Å². The topological polar surface area (TPSA) is 42.0 Å². The highest BCUT2D eigenvalue weighted by Crippen LogP contribution is 2.53. The molecule has 4 heteroatoms. The van der Waals surface area contributed by atoms with Crippen LogP contribution < -0.4 is 5.32 Å². The van der Waals surface area contributed by atoms with Crippen LogP contribution >= 0.6 is 11.6 Å². The molecular formula is C16H19ClN2O. The molecule has 1 N–H and O–H groups in total. The van der Waals surface area contributed by atoms with Crippen molar-refractivity contribution in [3.05, 3.63) is 29.0 Å². The van der Waals surface area contributed by atoms with E-state index in [1.807, 2.05) is 0 Å². The van der Waals surface area contributed by atoms with Crippen LogP contribution in [0.1, 0.15) is 42.5 Å². The van der Waals surface area contributed by atoms with Crippen LogP contribution in [0.4, 0.5) is 0 Å². The molecule has 0 aromatic carbocycles. The van der Waals surface area contributed by atoms with Gasteiger partial charge in [-0.1, -0.05) is 11.6 Å². The Balaban J connectivity index is 1.50. The third kappa shape index (κ3) is 2.12. The Labute approximate surface area is 124 Å². The van der Waals surface area contributed by atoms with Gasteiger partial charge in [0.2, 0.25) is 0 Å². The number of halogens is 1. The molecule has 3 nitrogen and oxygen atoms in total. The van der Waals surface area contributed by atoms with E-state index in [4.69, 9.17) is 11.6 Å². The second-order valence-corrected chi connectivity index (χ2v) is 7.18. The van der Waals surface area contributed by atoms with Gasteiger partial charge in [0.05, 0.1) is 0 Å². The van der Waals surface area contributed by atoms with Crippen LogP contribution in [-0.4, -0.2) is 16.9 Å². The zero-order chi connectivity index (χ0) is 13.7. The normalized spacial score (nSPS) is 38.0. The number of rotatable bonds is 2. The average molecular weight is 291 g/mol. The standard InChI is InChI=1S/C16H19ClN2O/c17-14-8-11(1-2-18-14)16(20)19-15-12-4-9-3-10(6-12)7-13(15)5-9/h1-2,8-10,12-13,15H,3-7H2,(H,19,20). The zero-order valence-electron chi connectivity index (χ0n) is 11.4. The molecule has 4 aliphatic carbocycles. The largest absolute Gasteiger partial charge is 0.349 e. The molecule has 106 valence electrons. The number of hydrogen-bond acceptors (Lipinski definition) is 2. The van der Waals surface area contributed by atoms with E-state index in [-0.39, 0.29) is 5.91 Å². The van der Waals surface area contributed by atoms with Crippen molar-refractivity contribution < 1.29 is 4.79 Å². The molecule has 1 aromatic heterocycles. The molecule has 4 aliphatic rings. The highest BCUT2D eigenvalue weighted by molar-refractivity contribution is 6.29. The third-order valence-corrected chi connectivity index (χ3v) is 5.72. The van der Waals surface area contributed by atoms with Crippen LogP contribution in [0, 0.1) is 23.7 Å². The Morgan fingerprint density at radius 2 is 1.80 bits per heavy atom. The lowest BCUT2D eigenvalue weighted by Crippen LogP contribution is -2.55. The quantitative estimate of drug-likeness (QED) is 0.849. The van der Waals surface area contributed by atoms with Gasteiger partial charge in [-0.25, -0.2) is 4.98 Å². The molecule has 4 fully saturated rings. The van der Waals surface area contributed by atoms with Gasteiger partial charge < -0.3 is 5.32 Å². The van der Waals surface area contributed by atoms with Gasteiger partial charge in [0.25, 0.3) is 5.91 Å². The number of nitrogens with zero attached hydrogens (tertiary/aromatic N) is 1. The Morgan fingerprint density at radius 1 is 1.15 bits per heavy atom. The van der Waals surface area contributed by atoms with E-state index >= 15 is 0 Å². The summed E-state index contributed by atoms with van der Waals surface area (Å²) in [6.07, 6.45) is 8.29. The Bertz CT molecular complexity index is 517. The molecule has 20 heavy (non-hydrogen) atoms. The van der Waals surface area contributed by atoms with Crippen LogP contribution in [0.25, 0.3) is 0 Å². The Morgan fingerprint density at radius 3 is 2.40 bits per heavy atom. The first kappa shape index (κ1) is 12.6. The van der Waals surface area contributed by atoms with E-state index in [0.29, 0.717) is 28.6 Å². The number of pyridine rings is 1.